The summed E-state index contributed by atoms with van der Waals surface area (Å²) in [6, 6.07) is 8.68. The molecule has 2 aromatic rings. The van der Waals surface area contributed by atoms with Crippen LogP contribution in [0.5, 0.6) is 0 Å². The van der Waals surface area contributed by atoms with Crippen LogP contribution in [0.1, 0.15) is 74.9 Å². The van der Waals surface area contributed by atoms with Crippen LogP contribution in [0.3, 0.4) is 0 Å². The Bertz CT molecular complexity index is 583. The van der Waals surface area contributed by atoms with Gasteiger partial charge in [-0.05, 0) is 29.9 Å². The van der Waals surface area contributed by atoms with Crippen LogP contribution in [0.15, 0.2) is 24.3 Å². The normalized spacial score (nSPS) is 11.6. The lowest BCUT2D eigenvalue weighted by molar-refractivity contribution is 0.274. The molecule has 1 aromatic carbocycles. The summed E-state index contributed by atoms with van der Waals surface area (Å²) in [7, 11) is 0. The quantitative estimate of drug-likeness (QED) is 0.845. The molecular formula is C18H27N3O. The highest BCUT2D eigenvalue weighted by Gasteiger charge is 2.19. The molecule has 0 saturated carbocycles. The van der Waals surface area contributed by atoms with E-state index >= 15 is 0 Å². The summed E-state index contributed by atoms with van der Waals surface area (Å²) in [6.45, 7) is 9.40. The second kappa shape index (κ2) is 7.54. The largest absolute Gasteiger partial charge is 0.390 e. The lowest BCUT2D eigenvalue weighted by Crippen LogP contribution is -2.11. The third-order valence-electron chi connectivity index (χ3n) is 4.35. The molecule has 2 rings (SSSR count). The molecule has 1 aromatic heterocycles. The molecule has 0 aliphatic rings. The van der Waals surface area contributed by atoms with Crippen molar-refractivity contribution in [1.29, 1.82) is 0 Å². The second-order valence-electron chi connectivity index (χ2n) is 6.15. The van der Waals surface area contributed by atoms with Gasteiger partial charge in [-0.2, -0.15) is 0 Å². The smallest absolute Gasteiger partial charge is 0.112 e. The molecule has 4 nitrogen and oxygen atoms in total. The van der Waals surface area contributed by atoms with Gasteiger partial charge in [-0.1, -0.05) is 57.2 Å². The maximum absolute atomic E-state index is 9.52. The summed E-state index contributed by atoms with van der Waals surface area (Å²) >= 11 is 0. The van der Waals surface area contributed by atoms with E-state index in [0.717, 1.165) is 18.5 Å². The highest BCUT2D eigenvalue weighted by molar-refractivity contribution is 5.25. The Hall–Kier alpha value is -1.68. The Kier molecular flexibility index (Phi) is 5.72. The van der Waals surface area contributed by atoms with Gasteiger partial charge in [0.1, 0.15) is 5.69 Å². The fraction of sp³-hybridized carbons (Fsp3) is 0.556. The third-order valence-corrected chi connectivity index (χ3v) is 4.35. The van der Waals surface area contributed by atoms with Crippen molar-refractivity contribution in [2.75, 3.05) is 0 Å². The molecular weight excluding hydrogens is 274 g/mol. The van der Waals surface area contributed by atoms with Crippen molar-refractivity contribution >= 4 is 0 Å². The third kappa shape index (κ3) is 3.55. The summed E-state index contributed by atoms with van der Waals surface area (Å²) in [5.41, 5.74) is 4.36. The summed E-state index contributed by atoms with van der Waals surface area (Å²) in [4.78, 5) is 0. The van der Waals surface area contributed by atoms with Gasteiger partial charge in [-0.15, -0.1) is 5.10 Å². The Balaban J connectivity index is 2.27. The number of hydrogen-bond donors (Lipinski definition) is 1. The van der Waals surface area contributed by atoms with Crippen molar-refractivity contribution in [3.63, 3.8) is 0 Å². The summed E-state index contributed by atoms with van der Waals surface area (Å²) in [5, 5.41) is 17.9. The highest BCUT2D eigenvalue weighted by atomic mass is 16.3. The van der Waals surface area contributed by atoms with Crippen LogP contribution in [0.2, 0.25) is 0 Å². The van der Waals surface area contributed by atoms with E-state index < -0.39 is 0 Å². The van der Waals surface area contributed by atoms with Crippen LogP contribution in [-0.2, 0) is 13.2 Å². The molecule has 0 fully saturated rings. The molecule has 0 spiro atoms. The molecule has 4 heteroatoms. The van der Waals surface area contributed by atoms with Gasteiger partial charge < -0.3 is 5.11 Å². The number of aromatic nitrogens is 3. The number of hydrogen-bond acceptors (Lipinski definition) is 3. The lowest BCUT2D eigenvalue weighted by Gasteiger charge is -2.16. The second-order valence-corrected chi connectivity index (χ2v) is 6.15. The molecule has 0 amide bonds. The zero-order valence-electron chi connectivity index (χ0n) is 14.1. The maximum atomic E-state index is 9.52. The van der Waals surface area contributed by atoms with Gasteiger partial charge in [-0.25, -0.2) is 4.68 Å². The van der Waals surface area contributed by atoms with E-state index in [1.807, 2.05) is 4.68 Å². The zero-order chi connectivity index (χ0) is 16.1. The average molecular weight is 301 g/mol. The van der Waals surface area contributed by atoms with Crippen molar-refractivity contribution in [1.82, 2.24) is 15.0 Å². The van der Waals surface area contributed by atoms with Crippen LogP contribution in [0, 0.1) is 0 Å². The van der Waals surface area contributed by atoms with E-state index in [1.54, 1.807) is 0 Å². The van der Waals surface area contributed by atoms with Crippen molar-refractivity contribution in [2.24, 2.45) is 0 Å². The molecule has 0 atom stereocenters. The van der Waals surface area contributed by atoms with Gasteiger partial charge in [0.05, 0.1) is 18.8 Å². The van der Waals surface area contributed by atoms with Crippen molar-refractivity contribution in [3.8, 4) is 0 Å². The highest BCUT2D eigenvalue weighted by Crippen LogP contribution is 2.26. The van der Waals surface area contributed by atoms with Crippen LogP contribution in [-0.4, -0.2) is 20.1 Å². The van der Waals surface area contributed by atoms with Crippen molar-refractivity contribution in [2.45, 2.75) is 65.5 Å². The Labute approximate surface area is 133 Å². The first kappa shape index (κ1) is 16.7. The topological polar surface area (TPSA) is 50.9 Å². The Morgan fingerprint density at radius 2 is 1.73 bits per heavy atom. The van der Waals surface area contributed by atoms with Gasteiger partial charge in [0.15, 0.2) is 0 Å². The zero-order valence-corrected chi connectivity index (χ0v) is 14.1. The number of aliphatic hydroxyl groups excluding tert-OH is 1. The number of nitrogens with zero attached hydrogens (tertiary/aromatic N) is 3. The Morgan fingerprint density at radius 3 is 2.23 bits per heavy atom. The van der Waals surface area contributed by atoms with Crippen LogP contribution >= 0.6 is 0 Å². The molecule has 1 N–H and O–H groups in total. The number of aliphatic hydroxyl groups is 1. The Morgan fingerprint density at radius 1 is 1.09 bits per heavy atom. The van der Waals surface area contributed by atoms with Crippen LogP contribution in [0.4, 0.5) is 0 Å². The predicted molar refractivity (Wildman–Crippen MR) is 88.9 cm³/mol. The van der Waals surface area contributed by atoms with Gasteiger partial charge >= 0.3 is 0 Å². The SMILES string of the molecule is CCC(CC)c1c(CO)nnn1Cc1ccc(C(C)C)cc1. The summed E-state index contributed by atoms with van der Waals surface area (Å²) < 4.78 is 1.95. The van der Waals surface area contributed by atoms with Gasteiger partial charge in [-0.3, -0.25) is 0 Å². The average Bonchev–Trinajstić information content (AvgIpc) is 2.92. The first-order valence-corrected chi connectivity index (χ1v) is 8.22. The van der Waals surface area contributed by atoms with E-state index in [-0.39, 0.29) is 6.61 Å². The molecule has 0 saturated heterocycles. The van der Waals surface area contributed by atoms with E-state index in [0.29, 0.717) is 24.1 Å². The van der Waals surface area contributed by atoms with E-state index in [1.165, 1.54) is 11.1 Å². The molecule has 0 unspecified atom stereocenters. The molecule has 0 radical (unpaired) electrons. The molecule has 0 aliphatic carbocycles. The molecule has 22 heavy (non-hydrogen) atoms. The number of rotatable bonds is 7. The predicted octanol–water partition coefficient (Wildman–Crippen LogP) is 3.85. The van der Waals surface area contributed by atoms with Gasteiger partial charge in [0.25, 0.3) is 0 Å². The van der Waals surface area contributed by atoms with E-state index in [9.17, 15) is 5.11 Å². The van der Waals surface area contributed by atoms with Crippen molar-refractivity contribution in [3.05, 3.63) is 46.8 Å². The molecule has 120 valence electrons. The minimum absolute atomic E-state index is 0.0435. The minimum atomic E-state index is -0.0435. The fourth-order valence-corrected chi connectivity index (χ4v) is 2.89. The number of benzene rings is 1. The fourth-order valence-electron chi connectivity index (χ4n) is 2.89. The summed E-state index contributed by atoms with van der Waals surface area (Å²) in [6.07, 6.45) is 2.06. The standard InChI is InChI=1S/C18H27N3O/c1-5-15(6-2)18-17(12-22)19-20-21(18)11-14-7-9-16(10-8-14)13(3)4/h7-10,13,15,22H,5-6,11-12H2,1-4H3. The maximum Gasteiger partial charge on any atom is 0.112 e. The monoisotopic (exact) mass is 301 g/mol. The molecule has 0 bridgehead atoms. The first-order chi connectivity index (χ1) is 10.6. The lowest BCUT2D eigenvalue weighted by atomic mass is 9.97. The molecule has 1 heterocycles. The minimum Gasteiger partial charge on any atom is -0.390 e. The van der Waals surface area contributed by atoms with Gasteiger partial charge in [0.2, 0.25) is 0 Å². The summed E-state index contributed by atoms with van der Waals surface area (Å²) in [5.74, 6) is 0.939. The van der Waals surface area contributed by atoms with E-state index in [2.05, 4.69) is 62.3 Å². The van der Waals surface area contributed by atoms with Crippen LogP contribution in [0.25, 0.3) is 0 Å². The molecule has 0 aliphatic heterocycles. The van der Waals surface area contributed by atoms with Gasteiger partial charge in [0, 0.05) is 5.92 Å². The van der Waals surface area contributed by atoms with E-state index in [4.69, 9.17) is 0 Å². The van der Waals surface area contributed by atoms with Crippen molar-refractivity contribution < 1.29 is 5.11 Å². The van der Waals surface area contributed by atoms with Crippen LogP contribution < -0.4 is 0 Å². The first-order valence-electron chi connectivity index (χ1n) is 8.22.